The van der Waals surface area contributed by atoms with E-state index in [-0.39, 0.29) is 12.1 Å². The van der Waals surface area contributed by atoms with E-state index < -0.39 is 15.5 Å². The lowest BCUT2D eigenvalue weighted by atomic mass is 10.2. The third kappa shape index (κ3) is 4.31. The Kier molecular flexibility index (Phi) is 4.47. The van der Waals surface area contributed by atoms with Gasteiger partial charge in [0.1, 0.15) is 0 Å². The number of rotatable bonds is 2. The molecule has 1 heterocycles. The average Bonchev–Trinajstić information content (AvgIpc) is 2.63. The van der Waals surface area contributed by atoms with E-state index in [0.717, 1.165) is 0 Å². The maximum absolute atomic E-state index is 11.5. The molecule has 0 bridgehead atoms. The summed E-state index contributed by atoms with van der Waals surface area (Å²) in [5, 5.41) is 0. The summed E-state index contributed by atoms with van der Waals surface area (Å²) in [6, 6.07) is 1.43. The second kappa shape index (κ2) is 5.46. The zero-order chi connectivity index (χ0) is 13.1. The number of primary amides is 1. The monoisotopic (exact) mass is 292 g/mol. The Labute approximate surface area is 112 Å². The van der Waals surface area contributed by atoms with Crippen molar-refractivity contribution in [1.82, 2.24) is 4.98 Å². The van der Waals surface area contributed by atoms with Crippen LogP contribution in [0.2, 0.25) is 0 Å². The summed E-state index contributed by atoms with van der Waals surface area (Å²) in [5.41, 5.74) is 5.55. The van der Waals surface area contributed by atoms with E-state index >= 15 is 0 Å². The van der Waals surface area contributed by atoms with E-state index in [1.165, 1.54) is 12.3 Å². The van der Waals surface area contributed by atoms with Crippen LogP contribution in [0.4, 0.5) is 0 Å². The lowest BCUT2D eigenvalue weighted by molar-refractivity contribution is -0.117. The first-order valence-corrected chi connectivity index (χ1v) is 5.51. The maximum atomic E-state index is 11.5. The second-order valence-corrected chi connectivity index (χ2v) is 5.36. The number of carbonyl (C=O) groups is 2. The van der Waals surface area contributed by atoms with E-state index in [2.05, 4.69) is 16.8 Å². The van der Waals surface area contributed by atoms with Gasteiger partial charge in [-0.25, -0.2) is 0 Å². The number of alkyl halides is 3. The van der Waals surface area contributed by atoms with Gasteiger partial charge >= 0.3 is 0 Å². The lowest BCUT2D eigenvalue weighted by Gasteiger charge is -2.06. The highest BCUT2D eigenvalue weighted by molar-refractivity contribution is 6.77. The van der Waals surface area contributed by atoms with E-state index in [1.807, 2.05) is 0 Å². The van der Waals surface area contributed by atoms with Crippen molar-refractivity contribution in [3.8, 4) is 11.8 Å². The Morgan fingerprint density at radius 3 is 2.59 bits per heavy atom. The Morgan fingerprint density at radius 2 is 2.06 bits per heavy atom. The van der Waals surface area contributed by atoms with Crippen LogP contribution in [0, 0.1) is 11.8 Å². The fraction of sp³-hybridized carbons (Fsp3) is 0.200. The molecule has 0 spiro atoms. The average molecular weight is 294 g/mol. The van der Waals surface area contributed by atoms with Gasteiger partial charge in [0, 0.05) is 11.8 Å². The zero-order valence-corrected chi connectivity index (χ0v) is 10.7. The number of ketones is 1. The van der Waals surface area contributed by atoms with Crippen molar-refractivity contribution in [2.45, 2.75) is 10.2 Å². The lowest BCUT2D eigenvalue weighted by Crippen LogP contribution is -2.19. The molecule has 0 aliphatic heterocycles. The topological polar surface area (TPSA) is 76.0 Å². The number of nitrogens with two attached hydrogens (primary N) is 1. The van der Waals surface area contributed by atoms with Gasteiger partial charge in [-0.2, -0.15) is 0 Å². The third-order valence-corrected chi connectivity index (χ3v) is 2.20. The first kappa shape index (κ1) is 13.9. The summed E-state index contributed by atoms with van der Waals surface area (Å²) < 4.78 is -2.01. The fourth-order valence-electron chi connectivity index (χ4n) is 0.984. The first-order chi connectivity index (χ1) is 7.80. The van der Waals surface area contributed by atoms with Crippen LogP contribution in [0.1, 0.15) is 22.5 Å². The predicted molar refractivity (Wildman–Crippen MR) is 66.1 cm³/mol. The third-order valence-electron chi connectivity index (χ3n) is 1.68. The number of H-pyrrole nitrogens is 1. The van der Waals surface area contributed by atoms with E-state index in [9.17, 15) is 9.59 Å². The van der Waals surface area contributed by atoms with Gasteiger partial charge in [-0.15, -0.1) is 0 Å². The standard InChI is InChI=1S/C10H7Cl3N2O2/c11-10(12,13)9(17)7-4-6(5-15-7)2-1-3-8(14)16/h4-5,15H,3H2,(H2,14,16). The summed E-state index contributed by atoms with van der Waals surface area (Å²) >= 11 is 16.3. The highest BCUT2D eigenvalue weighted by Gasteiger charge is 2.32. The van der Waals surface area contributed by atoms with Crippen molar-refractivity contribution in [2.75, 3.05) is 0 Å². The molecule has 1 rings (SSSR count). The molecule has 7 heteroatoms. The number of amides is 1. The summed E-state index contributed by atoms with van der Waals surface area (Å²) in [7, 11) is 0. The molecule has 0 saturated carbocycles. The Hall–Kier alpha value is -1.15. The molecular formula is C10H7Cl3N2O2. The van der Waals surface area contributed by atoms with Crippen molar-refractivity contribution in [3.05, 3.63) is 23.5 Å². The van der Waals surface area contributed by atoms with Crippen LogP contribution in [-0.4, -0.2) is 20.5 Å². The molecule has 3 N–H and O–H groups in total. The van der Waals surface area contributed by atoms with Gasteiger partial charge in [-0.3, -0.25) is 9.59 Å². The van der Waals surface area contributed by atoms with Crippen LogP contribution < -0.4 is 5.73 Å². The van der Waals surface area contributed by atoms with Gasteiger partial charge < -0.3 is 10.7 Å². The molecule has 0 aliphatic rings. The zero-order valence-electron chi connectivity index (χ0n) is 8.39. The second-order valence-electron chi connectivity index (χ2n) is 3.07. The minimum absolute atomic E-state index is 0.0566. The number of aromatic amines is 1. The van der Waals surface area contributed by atoms with E-state index in [1.54, 1.807) is 0 Å². The molecule has 0 aromatic carbocycles. The van der Waals surface area contributed by atoms with Crippen molar-refractivity contribution in [1.29, 1.82) is 0 Å². The molecule has 1 amide bonds. The molecule has 17 heavy (non-hydrogen) atoms. The number of nitrogens with one attached hydrogen (secondary N) is 1. The van der Waals surface area contributed by atoms with Gasteiger partial charge in [-0.05, 0) is 6.07 Å². The van der Waals surface area contributed by atoms with Crippen LogP contribution in [0.5, 0.6) is 0 Å². The minimum Gasteiger partial charge on any atom is -0.369 e. The normalized spacial score (nSPS) is 10.5. The SMILES string of the molecule is NC(=O)CC#Cc1c[nH]c(C(=O)C(Cl)(Cl)Cl)c1. The maximum Gasteiger partial charge on any atom is 0.254 e. The van der Waals surface area contributed by atoms with E-state index in [0.29, 0.717) is 5.56 Å². The van der Waals surface area contributed by atoms with Gasteiger partial charge in [0.15, 0.2) is 0 Å². The summed E-state index contributed by atoms with van der Waals surface area (Å²) in [6.07, 6.45) is 1.41. The largest absolute Gasteiger partial charge is 0.369 e. The predicted octanol–water partition coefficient (Wildman–Crippen LogP) is 1.79. The number of hydrogen-bond acceptors (Lipinski definition) is 2. The van der Waals surface area contributed by atoms with Gasteiger partial charge in [0.2, 0.25) is 11.7 Å². The Morgan fingerprint density at radius 1 is 1.41 bits per heavy atom. The van der Waals surface area contributed by atoms with Gasteiger partial charge in [0.05, 0.1) is 12.1 Å². The van der Waals surface area contributed by atoms with Crippen LogP contribution in [0.15, 0.2) is 12.3 Å². The smallest absolute Gasteiger partial charge is 0.254 e. The number of carbonyl (C=O) groups excluding carboxylic acids is 2. The van der Waals surface area contributed by atoms with Crippen molar-refractivity contribution in [2.24, 2.45) is 5.73 Å². The van der Waals surface area contributed by atoms with Crippen LogP contribution in [-0.2, 0) is 4.79 Å². The minimum atomic E-state index is -2.01. The number of aromatic nitrogens is 1. The molecule has 0 aliphatic carbocycles. The molecule has 1 aromatic rings. The van der Waals surface area contributed by atoms with Gasteiger partial charge in [-0.1, -0.05) is 46.6 Å². The van der Waals surface area contributed by atoms with Crippen molar-refractivity contribution in [3.63, 3.8) is 0 Å². The molecule has 0 atom stereocenters. The molecule has 90 valence electrons. The Balaban J connectivity index is 2.81. The van der Waals surface area contributed by atoms with Crippen molar-refractivity contribution < 1.29 is 9.59 Å². The van der Waals surface area contributed by atoms with Crippen molar-refractivity contribution >= 4 is 46.5 Å². The molecule has 4 nitrogen and oxygen atoms in total. The quantitative estimate of drug-likeness (QED) is 0.495. The highest BCUT2D eigenvalue weighted by Crippen LogP contribution is 2.30. The molecule has 1 aromatic heterocycles. The molecule has 0 unspecified atom stereocenters. The first-order valence-electron chi connectivity index (χ1n) is 4.38. The number of Topliss-reactive ketones (excluding diaryl/α,β-unsaturated/α-hetero) is 1. The number of hydrogen-bond donors (Lipinski definition) is 2. The molecule has 0 radical (unpaired) electrons. The summed E-state index contributed by atoms with van der Waals surface area (Å²) in [6.45, 7) is 0. The number of halogens is 3. The van der Waals surface area contributed by atoms with Crippen LogP contribution >= 0.6 is 34.8 Å². The molecular weight excluding hydrogens is 286 g/mol. The summed E-state index contributed by atoms with van der Waals surface area (Å²) in [5.74, 6) is 3.98. The Bertz CT molecular complexity index is 506. The van der Waals surface area contributed by atoms with Gasteiger partial charge in [0.25, 0.3) is 3.79 Å². The summed E-state index contributed by atoms with van der Waals surface area (Å²) in [4.78, 5) is 24.6. The van der Waals surface area contributed by atoms with Crippen LogP contribution in [0.25, 0.3) is 0 Å². The van der Waals surface area contributed by atoms with E-state index in [4.69, 9.17) is 40.5 Å². The highest BCUT2D eigenvalue weighted by atomic mass is 35.6. The molecule has 0 saturated heterocycles. The fourth-order valence-corrected chi connectivity index (χ4v) is 1.29. The van der Waals surface area contributed by atoms with Crippen LogP contribution in [0.3, 0.4) is 0 Å². The molecule has 0 fully saturated rings.